The van der Waals surface area contributed by atoms with Crippen LogP contribution in [-0.2, 0) is 0 Å². The molecule has 0 aromatic rings. The predicted octanol–water partition coefficient (Wildman–Crippen LogP) is 2.49. The average Bonchev–Trinajstić information content (AvgIpc) is 2.15. The number of aliphatic hydroxyl groups excluding tert-OH is 1. The van der Waals surface area contributed by atoms with Crippen LogP contribution in [0.3, 0.4) is 0 Å². The van der Waals surface area contributed by atoms with Crippen molar-refractivity contribution in [1.82, 2.24) is 4.90 Å². The summed E-state index contributed by atoms with van der Waals surface area (Å²) < 4.78 is 0. The Bertz CT molecular complexity index is 227. The molecule has 94 valence electrons. The second kappa shape index (κ2) is 4.79. The summed E-state index contributed by atoms with van der Waals surface area (Å²) in [5.41, 5.74) is 0.816. The second-order valence-corrected chi connectivity index (χ2v) is 12.1. The molecule has 16 heavy (non-hydrogen) atoms. The second-order valence-electron chi connectivity index (χ2n) is 6.82. The molecular weight excluding hydrogens is 214 g/mol. The van der Waals surface area contributed by atoms with Crippen molar-refractivity contribution < 1.29 is 5.11 Å². The van der Waals surface area contributed by atoms with E-state index in [1.54, 1.807) is 0 Å². The van der Waals surface area contributed by atoms with E-state index in [4.69, 9.17) is 0 Å². The lowest BCUT2D eigenvalue weighted by atomic mass is 9.87. The molecule has 1 aliphatic heterocycles. The Morgan fingerprint density at radius 3 is 2.06 bits per heavy atom. The molecule has 2 rings (SSSR count). The molecule has 1 N–H and O–H groups in total. The Labute approximate surface area is 101 Å². The maximum atomic E-state index is 9.51. The van der Waals surface area contributed by atoms with E-state index in [0.717, 1.165) is 24.7 Å². The lowest BCUT2D eigenvalue weighted by Crippen LogP contribution is -2.64. The molecule has 1 saturated carbocycles. The Balaban J connectivity index is 2.02. The van der Waals surface area contributed by atoms with Gasteiger partial charge in [-0.15, -0.1) is 0 Å². The SMILES string of the molecule is C[Si](C)(C)C(C1CCCCC1)N1CC(O)C1. The van der Waals surface area contributed by atoms with Gasteiger partial charge in [0.1, 0.15) is 0 Å². The largest absolute Gasteiger partial charge is 0.390 e. The zero-order chi connectivity index (χ0) is 11.8. The van der Waals surface area contributed by atoms with Crippen LogP contribution >= 0.6 is 0 Å². The van der Waals surface area contributed by atoms with Gasteiger partial charge in [0.05, 0.1) is 14.2 Å². The fourth-order valence-corrected chi connectivity index (χ4v) is 6.77. The molecule has 1 heterocycles. The van der Waals surface area contributed by atoms with E-state index in [1.807, 2.05) is 0 Å². The maximum Gasteiger partial charge on any atom is 0.0793 e. The zero-order valence-corrected chi connectivity index (χ0v) is 12.1. The third kappa shape index (κ3) is 2.69. The summed E-state index contributed by atoms with van der Waals surface area (Å²) in [6, 6.07) is 0. The van der Waals surface area contributed by atoms with Gasteiger partial charge in [-0.1, -0.05) is 38.9 Å². The first-order chi connectivity index (χ1) is 7.48. The van der Waals surface area contributed by atoms with Crippen molar-refractivity contribution in [3.05, 3.63) is 0 Å². The molecule has 2 aliphatic rings. The van der Waals surface area contributed by atoms with Crippen molar-refractivity contribution in [3.63, 3.8) is 0 Å². The van der Waals surface area contributed by atoms with Crippen LogP contribution in [0, 0.1) is 5.92 Å². The highest BCUT2D eigenvalue weighted by molar-refractivity contribution is 6.77. The van der Waals surface area contributed by atoms with Gasteiger partial charge in [-0.05, 0) is 18.8 Å². The quantitative estimate of drug-likeness (QED) is 0.768. The van der Waals surface area contributed by atoms with Gasteiger partial charge in [0.2, 0.25) is 0 Å². The summed E-state index contributed by atoms with van der Waals surface area (Å²) in [7, 11) is -1.12. The number of likely N-dealkylation sites (tertiary alicyclic amines) is 1. The van der Waals surface area contributed by atoms with E-state index >= 15 is 0 Å². The van der Waals surface area contributed by atoms with Crippen molar-refractivity contribution in [3.8, 4) is 0 Å². The van der Waals surface area contributed by atoms with E-state index in [2.05, 4.69) is 24.5 Å². The minimum Gasteiger partial charge on any atom is -0.390 e. The Morgan fingerprint density at radius 2 is 1.62 bits per heavy atom. The number of aliphatic hydroxyl groups is 1. The molecule has 0 spiro atoms. The third-order valence-electron chi connectivity index (χ3n) is 4.27. The van der Waals surface area contributed by atoms with Gasteiger partial charge in [0.15, 0.2) is 0 Å². The molecule has 2 fully saturated rings. The van der Waals surface area contributed by atoms with E-state index < -0.39 is 8.07 Å². The van der Waals surface area contributed by atoms with E-state index in [9.17, 15) is 5.11 Å². The van der Waals surface area contributed by atoms with E-state index in [0.29, 0.717) is 0 Å². The minimum absolute atomic E-state index is 0.0394. The Kier molecular flexibility index (Phi) is 3.77. The topological polar surface area (TPSA) is 23.5 Å². The summed E-state index contributed by atoms with van der Waals surface area (Å²) in [6.07, 6.45) is 7.13. The van der Waals surface area contributed by atoms with E-state index in [-0.39, 0.29) is 6.10 Å². The van der Waals surface area contributed by atoms with Gasteiger partial charge in [-0.2, -0.15) is 0 Å². The molecule has 0 aromatic carbocycles. The zero-order valence-electron chi connectivity index (χ0n) is 11.1. The van der Waals surface area contributed by atoms with Crippen LogP contribution in [0.4, 0.5) is 0 Å². The Morgan fingerprint density at radius 1 is 1.06 bits per heavy atom. The van der Waals surface area contributed by atoms with Gasteiger partial charge in [-0.25, -0.2) is 0 Å². The van der Waals surface area contributed by atoms with Crippen LogP contribution < -0.4 is 0 Å². The van der Waals surface area contributed by atoms with Crippen LogP contribution in [0.1, 0.15) is 32.1 Å². The predicted molar refractivity (Wildman–Crippen MR) is 71.3 cm³/mol. The number of hydrogen-bond donors (Lipinski definition) is 1. The maximum absolute atomic E-state index is 9.51. The smallest absolute Gasteiger partial charge is 0.0793 e. The van der Waals surface area contributed by atoms with Crippen LogP contribution in [0.5, 0.6) is 0 Å². The summed E-state index contributed by atoms with van der Waals surface area (Å²) in [5, 5.41) is 9.51. The monoisotopic (exact) mass is 241 g/mol. The number of rotatable bonds is 3. The first-order valence-corrected chi connectivity index (χ1v) is 10.5. The molecule has 0 bridgehead atoms. The molecule has 1 saturated heterocycles. The number of nitrogens with zero attached hydrogens (tertiary/aromatic N) is 1. The van der Waals surface area contributed by atoms with Crippen molar-refractivity contribution in [2.24, 2.45) is 5.92 Å². The molecule has 0 aromatic heterocycles. The van der Waals surface area contributed by atoms with Crippen molar-refractivity contribution in [2.75, 3.05) is 13.1 Å². The summed E-state index contributed by atoms with van der Waals surface area (Å²) in [5.74, 6) is 0.924. The molecule has 0 radical (unpaired) electrons. The normalized spacial score (nSPS) is 27.8. The highest BCUT2D eigenvalue weighted by Crippen LogP contribution is 2.35. The van der Waals surface area contributed by atoms with Gasteiger partial charge < -0.3 is 5.11 Å². The van der Waals surface area contributed by atoms with Crippen LogP contribution in [0.15, 0.2) is 0 Å². The van der Waals surface area contributed by atoms with Gasteiger partial charge in [-0.3, -0.25) is 4.90 Å². The molecule has 3 heteroatoms. The van der Waals surface area contributed by atoms with Crippen molar-refractivity contribution in [1.29, 1.82) is 0 Å². The summed E-state index contributed by atoms with van der Waals surface area (Å²) in [4.78, 5) is 2.58. The third-order valence-corrected chi connectivity index (χ3v) is 6.88. The molecule has 2 nitrogen and oxygen atoms in total. The molecule has 0 amide bonds. The summed E-state index contributed by atoms with van der Waals surface area (Å²) >= 11 is 0. The molecule has 1 atom stereocenters. The number of hydrogen-bond acceptors (Lipinski definition) is 2. The lowest BCUT2D eigenvalue weighted by Gasteiger charge is -2.51. The van der Waals surface area contributed by atoms with E-state index in [1.165, 1.54) is 32.1 Å². The van der Waals surface area contributed by atoms with Crippen molar-refractivity contribution >= 4 is 8.07 Å². The highest BCUT2D eigenvalue weighted by atomic mass is 28.3. The standard InChI is InChI=1S/C13H27NOSi/c1-16(2,3)13(14-9-12(15)10-14)11-7-5-4-6-8-11/h11-13,15H,4-10H2,1-3H3. The van der Waals surface area contributed by atoms with Gasteiger partial charge in [0.25, 0.3) is 0 Å². The average molecular weight is 241 g/mol. The first-order valence-electron chi connectivity index (χ1n) is 6.90. The first kappa shape index (κ1) is 12.6. The highest BCUT2D eigenvalue weighted by Gasteiger charge is 2.42. The fraction of sp³-hybridized carbons (Fsp3) is 1.00. The van der Waals surface area contributed by atoms with Crippen LogP contribution in [0.25, 0.3) is 0 Å². The molecule has 1 unspecified atom stereocenters. The molecular formula is C13H27NOSi. The Hall–Kier alpha value is 0.137. The summed E-state index contributed by atoms with van der Waals surface area (Å²) in [6.45, 7) is 9.36. The van der Waals surface area contributed by atoms with Crippen molar-refractivity contribution in [2.45, 2.75) is 63.5 Å². The minimum atomic E-state index is -1.12. The van der Waals surface area contributed by atoms with Crippen LogP contribution in [0.2, 0.25) is 19.6 Å². The fourth-order valence-electron chi connectivity index (χ4n) is 3.72. The van der Waals surface area contributed by atoms with Gasteiger partial charge in [0, 0.05) is 18.8 Å². The van der Waals surface area contributed by atoms with Crippen LogP contribution in [-0.4, -0.2) is 42.9 Å². The molecule has 1 aliphatic carbocycles. The lowest BCUT2D eigenvalue weighted by molar-refractivity contribution is -0.0243. The number of β-amino-alcohol motifs (C(OH)–C–C–N with tert-alkyl or cyclic N) is 1. The van der Waals surface area contributed by atoms with Gasteiger partial charge >= 0.3 is 0 Å².